The fourth-order valence-corrected chi connectivity index (χ4v) is 4.33. The quantitative estimate of drug-likeness (QED) is 0.568. The van der Waals surface area contributed by atoms with Crippen LogP contribution in [-0.4, -0.2) is 69.8 Å². The van der Waals surface area contributed by atoms with Gasteiger partial charge in [0.15, 0.2) is 5.65 Å². The molecule has 0 bridgehead atoms. The number of amides is 1. The van der Waals surface area contributed by atoms with E-state index in [2.05, 4.69) is 23.8 Å². The van der Waals surface area contributed by atoms with Gasteiger partial charge in [-0.1, -0.05) is 18.2 Å². The van der Waals surface area contributed by atoms with Crippen LogP contribution in [0.5, 0.6) is 5.75 Å². The number of benzene rings is 1. The predicted molar refractivity (Wildman–Crippen MR) is 124 cm³/mol. The predicted octanol–water partition coefficient (Wildman–Crippen LogP) is 3.73. The number of carbonyl (C=O) groups excluding carboxylic acids is 1. The minimum atomic E-state index is 0.0998. The Bertz CT molecular complexity index is 1080. The lowest BCUT2D eigenvalue weighted by atomic mass is 10.1. The van der Waals surface area contributed by atoms with Gasteiger partial charge >= 0.3 is 0 Å². The van der Waals surface area contributed by atoms with Crippen LogP contribution in [0.15, 0.2) is 42.6 Å². The van der Waals surface area contributed by atoms with Crippen molar-refractivity contribution >= 4 is 16.9 Å². The highest BCUT2D eigenvalue weighted by atomic mass is 16.5. The zero-order valence-electron chi connectivity index (χ0n) is 18.9. The molecule has 0 spiro atoms. The summed E-state index contributed by atoms with van der Waals surface area (Å²) in [6.45, 7) is 8.89. The molecule has 2 fully saturated rings. The second-order valence-corrected chi connectivity index (χ2v) is 9.08. The number of piperazine rings is 1. The number of ether oxygens (including phenoxy) is 1. The Morgan fingerprint density at radius 3 is 2.56 bits per heavy atom. The normalized spacial score (nSPS) is 17.3. The lowest BCUT2D eigenvalue weighted by Crippen LogP contribution is -2.49. The van der Waals surface area contributed by atoms with E-state index in [1.165, 1.54) is 0 Å². The van der Waals surface area contributed by atoms with Gasteiger partial charge in [-0.3, -0.25) is 9.69 Å². The summed E-state index contributed by atoms with van der Waals surface area (Å²) in [5.41, 5.74) is 2.63. The molecule has 7 nitrogen and oxygen atoms in total. The molecular formula is C25H31N5O2. The van der Waals surface area contributed by atoms with Gasteiger partial charge in [0.2, 0.25) is 0 Å². The van der Waals surface area contributed by atoms with E-state index in [-0.39, 0.29) is 11.9 Å². The van der Waals surface area contributed by atoms with E-state index >= 15 is 0 Å². The number of para-hydroxylation sites is 1. The Labute approximate surface area is 189 Å². The average molecular weight is 434 g/mol. The maximum atomic E-state index is 13.5. The third-order valence-corrected chi connectivity index (χ3v) is 6.38. The number of nitrogens with zero attached hydrogens (tertiary/aromatic N) is 5. The van der Waals surface area contributed by atoms with Gasteiger partial charge in [-0.15, -0.1) is 0 Å². The Balaban J connectivity index is 1.25. The van der Waals surface area contributed by atoms with Crippen LogP contribution in [0.1, 0.15) is 54.7 Å². The molecule has 3 aromatic rings. The van der Waals surface area contributed by atoms with Crippen LogP contribution in [0.25, 0.3) is 11.0 Å². The maximum absolute atomic E-state index is 13.5. The van der Waals surface area contributed by atoms with Crippen molar-refractivity contribution < 1.29 is 9.53 Å². The van der Waals surface area contributed by atoms with Crippen molar-refractivity contribution in [3.63, 3.8) is 0 Å². The molecule has 2 aliphatic rings. The number of fused-ring (bicyclic) bond motifs is 1. The smallest absolute Gasteiger partial charge is 0.254 e. The van der Waals surface area contributed by atoms with Crippen molar-refractivity contribution in [2.45, 2.75) is 38.6 Å². The van der Waals surface area contributed by atoms with E-state index in [4.69, 9.17) is 9.72 Å². The summed E-state index contributed by atoms with van der Waals surface area (Å²) in [6, 6.07) is 12.1. The molecule has 7 heteroatoms. The SMILES string of the molecule is CC(C)n1ncc2c(C(=O)N3CCN(CCOc4ccccc4)CC3)cc(C3CC3)nc21. The number of hydrogen-bond donors (Lipinski definition) is 0. The average Bonchev–Trinajstić information content (AvgIpc) is 3.58. The molecule has 1 aliphatic heterocycles. The van der Waals surface area contributed by atoms with Crippen LogP contribution in [0.3, 0.4) is 0 Å². The van der Waals surface area contributed by atoms with Crippen molar-refractivity contribution in [3.8, 4) is 5.75 Å². The largest absolute Gasteiger partial charge is 0.492 e. The fourth-order valence-electron chi connectivity index (χ4n) is 4.33. The van der Waals surface area contributed by atoms with Crippen LogP contribution in [0.4, 0.5) is 0 Å². The first-order chi connectivity index (χ1) is 15.6. The number of carbonyl (C=O) groups is 1. The molecular weight excluding hydrogens is 402 g/mol. The monoisotopic (exact) mass is 433 g/mol. The molecule has 0 unspecified atom stereocenters. The lowest BCUT2D eigenvalue weighted by molar-refractivity contribution is 0.0622. The first-order valence-electron chi connectivity index (χ1n) is 11.7. The van der Waals surface area contributed by atoms with Crippen LogP contribution >= 0.6 is 0 Å². The molecule has 1 saturated heterocycles. The second kappa shape index (κ2) is 8.90. The number of hydrogen-bond acceptors (Lipinski definition) is 5. The van der Waals surface area contributed by atoms with Crippen LogP contribution in [0, 0.1) is 0 Å². The Morgan fingerprint density at radius 1 is 1.12 bits per heavy atom. The lowest BCUT2D eigenvalue weighted by Gasteiger charge is -2.34. The number of aromatic nitrogens is 3. The summed E-state index contributed by atoms with van der Waals surface area (Å²) < 4.78 is 7.76. The molecule has 5 rings (SSSR count). The highest BCUT2D eigenvalue weighted by molar-refractivity contribution is 6.05. The first kappa shape index (κ1) is 20.9. The third-order valence-electron chi connectivity index (χ3n) is 6.38. The summed E-state index contributed by atoms with van der Waals surface area (Å²) in [6.07, 6.45) is 4.13. The summed E-state index contributed by atoms with van der Waals surface area (Å²) in [5.74, 6) is 1.49. The first-order valence-corrected chi connectivity index (χ1v) is 11.7. The second-order valence-electron chi connectivity index (χ2n) is 9.08. The molecule has 32 heavy (non-hydrogen) atoms. The van der Waals surface area contributed by atoms with Gasteiger partial charge in [0.05, 0.1) is 17.1 Å². The van der Waals surface area contributed by atoms with Crippen LogP contribution in [-0.2, 0) is 0 Å². The zero-order chi connectivity index (χ0) is 22.1. The highest BCUT2D eigenvalue weighted by Crippen LogP contribution is 2.40. The van der Waals surface area contributed by atoms with Gasteiger partial charge in [0.1, 0.15) is 12.4 Å². The molecule has 3 heterocycles. The Morgan fingerprint density at radius 2 is 1.88 bits per heavy atom. The summed E-state index contributed by atoms with van der Waals surface area (Å²) in [4.78, 5) is 22.7. The van der Waals surface area contributed by atoms with Gasteiger partial charge in [0, 0.05) is 50.4 Å². The third kappa shape index (κ3) is 4.35. The van der Waals surface area contributed by atoms with E-state index in [1.807, 2.05) is 52.2 Å². The molecule has 2 aromatic heterocycles. The van der Waals surface area contributed by atoms with Gasteiger partial charge < -0.3 is 9.64 Å². The van der Waals surface area contributed by atoms with E-state index in [9.17, 15) is 4.79 Å². The van der Waals surface area contributed by atoms with Crippen LogP contribution < -0.4 is 4.74 Å². The number of pyridine rings is 1. The minimum Gasteiger partial charge on any atom is -0.492 e. The van der Waals surface area contributed by atoms with Crippen molar-refractivity contribution in [3.05, 3.63) is 53.9 Å². The summed E-state index contributed by atoms with van der Waals surface area (Å²) in [5, 5.41) is 5.40. The Kier molecular flexibility index (Phi) is 5.83. The molecule has 1 saturated carbocycles. The highest BCUT2D eigenvalue weighted by Gasteiger charge is 2.30. The van der Waals surface area contributed by atoms with Crippen molar-refractivity contribution in [2.75, 3.05) is 39.3 Å². The molecule has 1 aromatic carbocycles. The van der Waals surface area contributed by atoms with Gasteiger partial charge in [-0.05, 0) is 44.9 Å². The topological polar surface area (TPSA) is 63.5 Å². The van der Waals surface area contributed by atoms with Crippen LogP contribution in [0.2, 0.25) is 0 Å². The number of rotatable bonds is 7. The fraction of sp³-hybridized carbons (Fsp3) is 0.480. The summed E-state index contributed by atoms with van der Waals surface area (Å²) in [7, 11) is 0. The van der Waals surface area contributed by atoms with E-state index in [0.717, 1.165) is 73.6 Å². The molecule has 0 atom stereocenters. The molecule has 1 aliphatic carbocycles. The molecule has 168 valence electrons. The van der Waals surface area contributed by atoms with Gasteiger partial charge in [0.25, 0.3) is 5.91 Å². The van der Waals surface area contributed by atoms with Crippen molar-refractivity contribution in [2.24, 2.45) is 0 Å². The molecule has 0 radical (unpaired) electrons. The van der Waals surface area contributed by atoms with E-state index in [1.54, 1.807) is 0 Å². The van der Waals surface area contributed by atoms with Gasteiger partial charge in [-0.25, -0.2) is 9.67 Å². The van der Waals surface area contributed by atoms with E-state index in [0.29, 0.717) is 12.5 Å². The zero-order valence-corrected chi connectivity index (χ0v) is 18.9. The van der Waals surface area contributed by atoms with E-state index < -0.39 is 0 Å². The Hall–Kier alpha value is -2.93. The van der Waals surface area contributed by atoms with Crippen molar-refractivity contribution in [1.29, 1.82) is 0 Å². The minimum absolute atomic E-state index is 0.0998. The molecule has 0 N–H and O–H groups in total. The standard InChI is InChI=1S/C25H31N5O2/c1-18(2)30-24-22(17-26-30)21(16-23(27-24)19-8-9-19)25(31)29-12-10-28(11-13-29)14-15-32-20-6-4-3-5-7-20/h3-7,16-19H,8-15H2,1-2H3. The van der Waals surface area contributed by atoms with Crippen molar-refractivity contribution in [1.82, 2.24) is 24.6 Å². The van der Waals surface area contributed by atoms with Gasteiger partial charge in [-0.2, -0.15) is 5.10 Å². The maximum Gasteiger partial charge on any atom is 0.254 e. The summed E-state index contributed by atoms with van der Waals surface area (Å²) >= 11 is 0. The molecule has 1 amide bonds.